The van der Waals surface area contributed by atoms with Gasteiger partial charge in [0.25, 0.3) is 0 Å². The molecule has 1 saturated carbocycles. The predicted octanol–water partition coefficient (Wildman–Crippen LogP) is 1.67. The van der Waals surface area contributed by atoms with Crippen LogP contribution in [0.25, 0.3) is 0 Å². The first-order valence-electron chi connectivity index (χ1n) is 7.22. The minimum Gasteiger partial charge on any atom is -0.329 e. The molecule has 1 heterocycles. The molecule has 2 fully saturated rings. The third kappa shape index (κ3) is 2.51. The van der Waals surface area contributed by atoms with Gasteiger partial charge in [-0.25, -0.2) is 0 Å². The van der Waals surface area contributed by atoms with E-state index in [1.807, 2.05) is 0 Å². The molecule has 0 aromatic carbocycles. The number of hydrogen-bond donors (Lipinski definition) is 1. The molecule has 0 aromatic heterocycles. The van der Waals surface area contributed by atoms with Gasteiger partial charge in [-0.2, -0.15) is 0 Å². The van der Waals surface area contributed by atoms with Crippen LogP contribution in [0.3, 0.4) is 0 Å². The van der Waals surface area contributed by atoms with Crippen LogP contribution in [0, 0.1) is 0 Å². The summed E-state index contributed by atoms with van der Waals surface area (Å²) in [6.07, 6.45) is 8.21. The number of nitrogens with two attached hydrogens (primary N) is 1. The van der Waals surface area contributed by atoms with Gasteiger partial charge in [0.05, 0.1) is 0 Å². The van der Waals surface area contributed by atoms with E-state index < -0.39 is 0 Å². The second-order valence-corrected chi connectivity index (χ2v) is 6.30. The molecule has 3 heteroatoms. The first-order valence-corrected chi connectivity index (χ1v) is 7.22. The Kier molecular flexibility index (Phi) is 4.11. The van der Waals surface area contributed by atoms with E-state index in [9.17, 15) is 0 Å². The van der Waals surface area contributed by atoms with Crippen molar-refractivity contribution in [3.63, 3.8) is 0 Å². The SMILES string of the molecule is CC1CC(CN)(N(C)C2CCCCC2)CN1C. The largest absolute Gasteiger partial charge is 0.329 e. The van der Waals surface area contributed by atoms with Gasteiger partial charge >= 0.3 is 0 Å². The quantitative estimate of drug-likeness (QED) is 0.813. The van der Waals surface area contributed by atoms with Crippen LogP contribution in [0.5, 0.6) is 0 Å². The molecule has 2 aliphatic rings. The maximum Gasteiger partial charge on any atom is 0.0473 e. The van der Waals surface area contributed by atoms with Gasteiger partial charge in [-0.05, 0) is 40.3 Å². The zero-order valence-electron chi connectivity index (χ0n) is 11.8. The van der Waals surface area contributed by atoms with Crippen molar-refractivity contribution in [2.45, 2.75) is 63.1 Å². The zero-order valence-corrected chi connectivity index (χ0v) is 11.8. The molecule has 17 heavy (non-hydrogen) atoms. The van der Waals surface area contributed by atoms with Crippen molar-refractivity contribution >= 4 is 0 Å². The predicted molar refractivity (Wildman–Crippen MR) is 73.1 cm³/mol. The van der Waals surface area contributed by atoms with Crippen LogP contribution >= 0.6 is 0 Å². The van der Waals surface area contributed by atoms with Crippen molar-refractivity contribution in [1.29, 1.82) is 0 Å². The molecule has 0 radical (unpaired) electrons. The molecule has 0 amide bonds. The van der Waals surface area contributed by atoms with E-state index in [1.54, 1.807) is 0 Å². The Labute approximate surface area is 106 Å². The lowest BCUT2D eigenvalue weighted by molar-refractivity contribution is 0.0643. The molecule has 100 valence electrons. The highest BCUT2D eigenvalue weighted by atomic mass is 15.3. The summed E-state index contributed by atoms with van der Waals surface area (Å²) in [5, 5.41) is 0. The van der Waals surface area contributed by atoms with Gasteiger partial charge in [-0.3, -0.25) is 4.90 Å². The van der Waals surface area contributed by atoms with Crippen LogP contribution in [-0.4, -0.2) is 54.6 Å². The maximum atomic E-state index is 6.13. The maximum absolute atomic E-state index is 6.13. The van der Waals surface area contributed by atoms with Crippen molar-refractivity contribution < 1.29 is 0 Å². The highest BCUT2D eigenvalue weighted by Crippen LogP contribution is 2.34. The third-order valence-corrected chi connectivity index (χ3v) is 5.22. The van der Waals surface area contributed by atoms with Crippen molar-refractivity contribution in [2.24, 2.45) is 5.73 Å². The topological polar surface area (TPSA) is 32.5 Å². The lowest BCUT2D eigenvalue weighted by atomic mass is 9.87. The van der Waals surface area contributed by atoms with Crippen molar-refractivity contribution in [3.05, 3.63) is 0 Å². The summed E-state index contributed by atoms with van der Waals surface area (Å²) in [5.74, 6) is 0. The Morgan fingerprint density at radius 1 is 1.29 bits per heavy atom. The van der Waals surface area contributed by atoms with Crippen molar-refractivity contribution in [3.8, 4) is 0 Å². The Hall–Kier alpha value is -0.120. The van der Waals surface area contributed by atoms with Crippen LogP contribution in [0.15, 0.2) is 0 Å². The van der Waals surface area contributed by atoms with Gasteiger partial charge in [0, 0.05) is 30.7 Å². The number of likely N-dealkylation sites (tertiary alicyclic amines) is 1. The van der Waals surface area contributed by atoms with E-state index in [0.717, 1.165) is 19.1 Å². The molecular weight excluding hydrogens is 210 g/mol. The molecule has 3 nitrogen and oxygen atoms in total. The number of likely N-dealkylation sites (N-methyl/N-ethyl adjacent to an activating group) is 2. The molecule has 2 N–H and O–H groups in total. The monoisotopic (exact) mass is 239 g/mol. The first-order chi connectivity index (χ1) is 8.09. The van der Waals surface area contributed by atoms with Crippen molar-refractivity contribution in [2.75, 3.05) is 27.2 Å². The number of hydrogen-bond acceptors (Lipinski definition) is 3. The molecule has 2 atom stereocenters. The van der Waals surface area contributed by atoms with E-state index in [1.165, 1.54) is 38.5 Å². The Morgan fingerprint density at radius 2 is 1.94 bits per heavy atom. The second-order valence-electron chi connectivity index (χ2n) is 6.30. The molecule has 0 aromatic rings. The van der Waals surface area contributed by atoms with E-state index in [2.05, 4.69) is 30.8 Å². The number of nitrogens with zero attached hydrogens (tertiary/aromatic N) is 2. The van der Waals surface area contributed by atoms with Gasteiger partial charge in [-0.15, -0.1) is 0 Å². The summed E-state index contributed by atoms with van der Waals surface area (Å²) in [6.45, 7) is 4.26. The lowest BCUT2D eigenvalue weighted by Gasteiger charge is -2.44. The molecular formula is C14H29N3. The van der Waals surface area contributed by atoms with Crippen molar-refractivity contribution in [1.82, 2.24) is 9.80 Å². The summed E-state index contributed by atoms with van der Waals surface area (Å²) >= 11 is 0. The standard InChI is InChI=1S/C14H29N3/c1-12-9-14(10-15,11-16(12)2)17(3)13-7-5-4-6-8-13/h12-13H,4-11,15H2,1-3H3. The molecule has 2 unspecified atom stereocenters. The van der Waals surface area contributed by atoms with Crippen LogP contribution in [0.4, 0.5) is 0 Å². The molecule has 1 aliphatic heterocycles. The summed E-state index contributed by atoms with van der Waals surface area (Å²) in [7, 11) is 4.55. The van der Waals surface area contributed by atoms with E-state index in [-0.39, 0.29) is 5.54 Å². The summed E-state index contributed by atoms with van der Waals surface area (Å²) in [5.41, 5.74) is 6.36. The van der Waals surface area contributed by atoms with E-state index in [0.29, 0.717) is 6.04 Å². The first kappa shape index (κ1) is 13.3. The molecule has 1 aliphatic carbocycles. The minimum atomic E-state index is 0.232. The van der Waals surface area contributed by atoms with E-state index in [4.69, 9.17) is 5.73 Å². The van der Waals surface area contributed by atoms with Gasteiger partial charge < -0.3 is 10.6 Å². The van der Waals surface area contributed by atoms with Crippen LogP contribution < -0.4 is 5.73 Å². The fourth-order valence-corrected chi connectivity index (χ4v) is 3.79. The highest BCUT2D eigenvalue weighted by Gasteiger charge is 2.44. The Morgan fingerprint density at radius 3 is 2.41 bits per heavy atom. The summed E-state index contributed by atoms with van der Waals surface area (Å²) in [6, 6.07) is 1.44. The van der Waals surface area contributed by atoms with Crippen LogP contribution in [-0.2, 0) is 0 Å². The third-order valence-electron chi connectivity index (χ3n) is 5.22. The number of rotatable bonds is 3. The fourth-order valence-electron chi connectivity index (χ4n) is 3.79. The summed E-state index contributed by atoms with van der Waals surface area (Å²) < 4.78 is 0. The van der Waals surface area contributed by atoms with E-state index >= 15 is 0 Å². The summed E-state index contributed by atoms with van der Waals surface area (Å²) in [4.78, 5) is 5.10. The van der Waals surface area contributed by atoms with Crippen LogP contribution in [0.1, 0.15) is 45.4 Å². The lowest BCUT2D eigenvalue weighted by Crippen LogP contribution is -2.57. The van der Waals surface area contributed by atoms with Crippen LogP contribution in [0.2, 0.25) is 0 Å². The minimum absolute atomic E-state index is 0.232. The van der Waals surface area contributed by atoms with Gasteiger partial charge in [0.2, 0.25) is 0 Å². The Bertz CT molecular complexity index is 238. The fraction of sp³-hybridized carbons (Fsp3) is 1.00. The zero-order chi connectivity index (χ0) is 12.5. The molecule has 1 saturated heterocycles. The Balaban J connectivity index is 2.06. The average Bonchev–Trinajstić information content (AvgIpc) is 2.66. The molecule has 2 rings (SSSR count). The highest BCUT2D eigenvalue weighted by molar-refractivity contribution is 5.03. The average molecular weight is 239 g/mol. The molecule has 0 spiro atoms. The van der Waals surface area contributed by atoms with Gasteiger partial charge in [0.1, 0.15) is 0 Å². The molecule has 0 bridgehead atoms. The normalized spacial score (nSPS) is 36.9. The van der Waals surface area contributed by atoms with Gasteiger partial charge in [0.15, 0.2) is 0 Å². The smallest absolute Gasteiger partial charge is 0.0473 e. The second kappa shape index (κ2) is 5.25. The van der Waals surface area contributed by atoms with Gasteiger partial charge in [-0.1, -0.05) is 19.3 Å².